The molecule has 0 aliphatic heterocycles. The van der Waals surface area contributed by atoms with Crippen molar-refractivity contribution in [2.75, 3.05) is 4.90 Å². The van der Waals surface area contributed by atoms with Crippen LogP contribution in [-0.4, -0.2) is 0 Å². The Morgan fingerprint density at radius 2 is 0.794 bits per heavy atom. The third-order valence-electron chi connectivity index (χ3n) is 12.9. The van der Waals surface area contributed by atoms with Gasteiger partial charge in [-0.25, -0.2) is 0 Å². The molecular weight excluding hydrogens is 779 g/mol. The van der Waals surface area contributed by atoms with Crippen LogP contribution < -0.4 is 4.90 Å². The van der Waals surface area contributed by atoms with E-state index >= 15 is 0 Å². The SMILES string of the molecule is CC(C)(C)c1ccc(-c2sc(-c3ccc(C(C)(C)C)cc3)c3c2-c2ccc(N(c4ccccc4)c4ccc(-c5ccccc5)cc4)cc2C3(c2ccccc2)c2ccccc2)cc1. The van der Waals surface area contributed by atoms with Crippen LogP contribution in [0.15, 0.2) is 212 Å². The molecule has 1 nitrogen and oxygen atoms in total. The Labute approximate surface area is 378 Å². The molecule has 2 heteroatoms. The number of hydrogen-bond acceptors (Lipinski definition) is 2. The summed E-state index contributed by atoms with van der Waals surface area (Å²) in [6.07, 6.45) is 0. The molecule has 0 spiro atoms. The summed E-state index contributed by atoms with van der Waals surface area (Å²) in [7, 11) is 0. The summed E-state index contributed by atoms with van der Waals surface area (Å²) in [6, 6.07) is 79.0. The minimum atomic E-state index is -0.624. The van der Waals surface area contributed by atoms with Gasteiger partial charge in [-0.15, -0.1) is 11.3 Å². The molecule has 0 saturated carbocycles. The van der Waals surface area contributed by atoms with Gasteiger partial charge in [0.25, 0.3) is 0 Å². The van der Waals surface area contributed by atoms with Gasteiger partial charge in [0.15, 0.2) is 0 Å². The van der Waals surface area contributed by atoms with E-state index in [1.165, 1.54) is 76.5 Å². The topological polar surface area (TPSA) is 3.24 Å². The van der Waals surface area contributed by atoms with Crippen LogP contribution in [0.2, 0.25) is 0 Å². The first-order valence-electron chi connectivity index (χ1n) is 22.2. The summed E-state index contributed by atoms with van der Waals surface area (Å²) < 4.78 is 0. The van der Waals surface area contributed by atoms with Gasteiger partial charge in [-0.2, -0.15) is 0 Å². The van der Waals surface area contributed by atoms with Gasteiger partial charge in [0.1, 0.15) is 0 Å². The molecule has 63 heavy (non-hydrogen) atoms. The standard InChI is InChI=1S/C61H53NS/c1-59(2,3)46-33-27-44(28-34-46)57-55-53-40-39-52(62(50-25-17-10-18-26-50)51-37-31-43(32-38-51)42-19-11-7-12-20-42)41-54(53)61(48-21-13-8-14-22-48,49-23-15-9-16-24-49)56(55)58(63-57)45-29-35-47(36-30-45)60(4,5)6/h7-41H,1-6H3. The summed E-state index contributed by atoms with van der Waals surface area (Å²) in [6.45, 7) is 13.8. The molecule has 1 aliphatic rings. The zero-order valence-corrected chi connectivity index (χ0v) is 37.9. The van der Waals surface area contributed by atoms with Crippen LogP contribution in [0, 0.1) is 0 Å². The van der Waals surface area contributed by atoms with E-state index in [1.807, 2.05) is 11.3 Å². The average Bonchev–Trinajstić information content (AvgIpc) is 3.85. The summed E-state index contributed by atoms with van der Waals surface area (Å²) >= 11 is 1.94. The molecule has 10 rings (SSSR count). The number of hydrogen-bond donors (Lipinski definition) is 0. The van der Waals surface area contributed by atoms with Gasteiger partial charge in [-0.3, -0.25) is 0 Å². The molecule has 1 aromatic heterocycles. The van der Waals surface area contributed by atoms with Crippen molar-refractivity contribution in [3.05, 3.63) is 246 Å². The van der Waals surface area contributed by atoms with E-state index in [-0.39, 0.29) is 10.8 Å². The number of nitrogens with zero attached hydrogens (tertiary/aromatic N) is 1. The Balaban J connectivity index is 1.27. The largest absolute Gasteiger partial charge is 0.310 e. The van der Waals surface area contributed by atoms with Gasteiger partial charge in [-0.05, 0) is 108 Å². The van der Waals surface area contributed by atoms with Crippen LogP contribution >= 0.6 is 11.3 Å². The molecule has 0 fully saturated rings. The fourth-order valence-electron chi connectivity index (χ4n) is 9.63. The second-order valence-electron chi connectivity index (χ2n) is 19.0. The molecule has 9 aromatic rings. The molecular formula is C61H53NS. The van der Waals surface area contributed by atoms with Crippen molar-refractivity contribution < 1.29 is 0 Å². The Bertz CT molecular complexity index is 2960. The summed E-state index contributed by atoms with van der Waals surface area (Å²) in [4.78, 5) is 5.03. The normalized spacial score (nSPS) is 13.0. The van der Waals surface area contributed by atoms with E-state index in [1.54, 1.807) is 0 Å². The quantitative estimate of drug-likeness (QED) is 0.147. The summed E-state index contributed by atoms with van der Waals surface area (Å²) in [5, 5.41) is 0. The third kappa shape index (κ3) is 7.13. The Morgan fingerprint density at radius 3 is 1.30 bits per heavy atom. The number of fused-ring (bicyclic) bond motifs is 3. The van der Waals surface area contributed by atoms with Gasteiger partial charge < -0.3 is 4.90 Å². The van der Waals surface area contributed by atoms with Crippen LogP contribution in [0.4, 0.5) is 17.1 Å². The van der Waals surface area contributed by atoms with Crippen molar-refractivity contribution in [1.29, 1.82) is 0 Å². The highest BCUT2D eigenvalue weighted by atomic mass is 32.1. The molecule has 1 aliphatic carbocycles. The van der Waals surface area contributed by atoms with E-state index in [0.717, 1.165) is 17.1 Å². The van der Waals surface area contributed by atoms with Crippen LogP contribution in [0.25, 0.3) is 43.1 Å². The monoisotopic (exact) mass is 831 g/mol. The third-order valence-corrected chi connectivity index (χ3v) is 14.2. The maximum atomic E-state index is 2.50. The van der Waals surface area contributed by atoms with Gasteiger partial charge in [0.05, 0.1) is 5.41 Å². The minimum Gasteiger partial charge on any atom is -0.310 e. The lowest BCUT2D eigenvalue weighted by atomic mass is 9.67. The number of thiophene rings is 1. The van der Waals surface area contributed by atoms with Gasteiger partial charge in [0, 0.05) is 32.4 Å². The fraction of sp³-hybridized carbons (Fsp3) is 0.148. The van der Waals surface area contributed by atoms with Crippen molar-refractivity contribution in [2.45, 2.75) is 57.8 Å². The van der Waals surface area contributed by atoms with Crippen LogP contribution in [0.5, 0.6) is 0 Å². The lowest BCUT2D eigenvalue weighted by Gasteiger charge is -2.35. The predicted octanol–water partition coefficient (Wildman–Crippen LogP) is 17.2. The number of rotatable bonds is 8. The molecule has 8 aromatic carbocycles. The van der Waals surface area contributed by atoms with E-state index < -0.39 is 5.41 Å². The second kappa shape index (κ2) is 15.9. The first-order chi connectivity index (χ1) is 30.5. The van der Waals surface area contributed by atoms with Crippen molar-refractivity contribution in [1.82, 2.24) is 0 Å². The Kier molecular flexibility index (Phi) is 10.2. The van der Waals surface area contributed by atoms with Crippen molar-refractivity contribution in [3.8, 4) is 43.1 Å². The Morgan fingerprint density at radius 1 is 0.381 bits per heavy atom. The van der Waals surface area contributed by atoms with Gasteiger partial charge >= 0.3 is 0 Å². The lowest BCUT2D eigenvalue weighted by molar-refractivity contribution is 0.590. The molecule has 308 valence electrons. The maximum Gasteiger partial charge on any atom is 0.0728 e. The van der Waals surface area contributed by atoms with Crippen LogP contribution in [-0.2, 0) is 16.2 Å². The van der Waals surface area contributed by atoms with Gasteiger partial charge in [0.2, 0.25) is 0 Å². The first kappa shape index (κ1) is 40.3. The predicted molar refractivity (Wildman–Crippen MR) is 270 cm³/mol. The molecule has 0 radical (unpaired) electrons. The molecule has 0 bridgehead atoms. The van der Waals surface area contributed by atoms with E-state index in [4.69, 9.17) is 0 Å². The number of benzene rings is 8. The molecule has 0 atom stereocenters. The fourth-order valence-corrected chi connectivity index (χ4v) is 11.0. The van der Waals surface area contributed by atoms with E-state index in [0.29, 0.717) is 0 Å². The van der Waals surface area contributed by atoms with Crippen LogP contribution in [0.3, 0.4) is 0 Å². The molecule has 0 unspecified atom stereocenters. The summed E-state index contributed by atoms with van der Waals surface area (Å²) in [5.41, 5.74) is 18.1. The van der Waals surface area contributed by atoms with Crippen molar-refractivity contribution in [3.63, 3.8) is 0 Å². The molecule has 0 saturated heterocycles. The zero-order chi connectivity index (χ0) is 43.3. The van der Waals surface area contributed by atoms with Crippen molar-refractivity contribution in [2.24, 2.45) is 0 Å². The van der Waals surface area contributed by atoms with Gasteiger partial charge in [-0.1, -0.05) is 217 Å². The minimum absolute atomic E-state index is 0.0485. The second-order valence-corrected chi connectivity index (χ2v) is 20.0. The number of anilines is 3. The van der Waals surface area contributed by atoms with Crippen molar-refractivity contribution >= 4 is 28.4 Å². The smallest absolute Gasteiger partial charge is 0.0728 e. The zero-order valence-electron chi connectivity index (χ0n) is 37.1. The molecule has 0 amide bonds. The van der Waals surface area contributed by atoms with E-state index in [2.05, 4.69) is 259 Å². The summed E-state index contributed by atoms with van der Waals surface area (Å²) in [5.74, 6) is 0. The van der Waals surface area contributed by atoms with E-state index in [9.17, 15) is 0 Å². The maximum absolute atomic E-state index is 2.50. The lowest BCUT2D eigenvalue weighted by Crippen LogP contribution is -2.29. The average molecular weight is 832 g/mol. The highest BCUT2D eigenvalue weighted by Gasteiger charge is 2.50. The highest BCUT2D eigenvalue weighted by molar-refractivity contribution is 7.19. The van der Waals surface area contributed by atoms with Crippen LogP contribution in [0.1, 0.15) is 74.9 Å². The number of para-hydroxylation sites is 1. The molecule has 0 N–H and O–H groups in total. The highest BCUT2D eigenvalue weighted by Crippen LogP contribution is 2.64. The Hall–Kier alpha value is -6.74. The first-order valence-corrected chi connectivity index (χ1v) is 23.0. The molecule has 1 heterocycles.